The molecule has 0 saturated heterocycles. The molecule has 2 N–H and O–H groups in total. The quantitative estimate of drug-likeness (QED) is 0.312. The highest BCUT2D eigenvalue weighted by molar-refractivity contribution is 9.10. The topological polar surface area (TPSA) is 81.2 Å². The number of aryl methyl sites for hydroxylation is 1. The summed E-state index contributed by atoms with van der Waals surface area (Å²) in [4.78, 5) is 12.4. The van der Waals surface area contributed by atoms with Crippen LogP contribution in [0, 0.1) is 6.92 Å². The number of hydrogen-bond acceptors (Lipinski definition) is 6. The zero-order chi connectivity index (χ0) is 22.9. The maximum atomic E-state index is 12.4. The second-order valence-electron chi connectivity index (χ2n) is 6.81. The number of nitrogens with one attached hydrogen (secondary N) is 2. The van der Waals surface area contributed by atoms with Crippen molar-refractivity contribution in [2.75, 3.05) is 31.6 Å². The summed E-state index contributed by atoms with van der Waals surface area (Å²) in [6.07, 6.45) is 1.67. The predicted molar refractivity (Wildman–Crippen MR) is 130 cm³/mol. The molecule has 0 aliphatic carbocycles. The smallest absolute Gasteiger partial charge is 0.262 e. The molecule has 0 fully saturated rings. The molecule has 0 aliphatic rings. The van der Waals surface area contributed by atoms with E-state index in [4.69, 9.17) is 14.2 Å². The lowest BCUT2D eigenvalue weighted by Gasteiger charge is -2.14. The molecule has 3 rings (SSSR count). The standard InChI is InChI=1S/C24H24BrN3O4/c1-16-8-10-18(11-9-16)28-26-14-17-12-19(25)24(22(13-17)31-3)32-15-23(29)27-20-6-4-5-7-21(20)30-2/h4-14,28H,15H2,1-3H3,(H,27,29)/b26-14+. The van der Waals surface area contributed by atoms with E-state index in [2.05, 4.69) is 31.8 Å². The van der Waals surface area contributed by atoms with Gasteiger partial charge in [-0.15, -0.1) is 0 Å². The molecule has 0 radical (unpaired) electrons. The Labute approximate surface area is 195 Å². The van der Waals surface area contributed by atoms with Crippen molar-refractivity contribution in [3.05, 3.63) is 76.3 Å². The molecule has 1 amide bonds. The van der Waals surface area contributed by atoms with E-state index in [1.54, 1.807) is 31.5 Å². The van der Waals surface area contributed by atoms with E-state index in [9.17, 15) is 4.79 Å². The van der Waals surface area contributed by atoms with Gasteiger partial charge in [0.2, 0.25) is 0 Å². The molecule has 0 spiro atoms. The first kappa shape index (κ1) is 23.1. The molecule has 3 aromatic carbocycles. The number of carbonyl (C=O) groups is 1. The zero-order valence-corrected chi connectivity index (χ0v) is 19.6. The van der Waals surface area contributed by atoms with Gasteiger partial charge in [-0.05, 0) is 64.8 Å². The molecule has 32 heavy (non-hydrogen) atoms. The summed E-state index contributed by atoms with van der Waals surface area (Å²) in [5.74, 6) is 1.14. The fraction of sp³-hybridized carbons (Fsp3) is 0.167. The van der Waals surface area contributed by atoms with Crippen molar-refractivity contribution < 1.29 is 19.0 Å². The van der Waals surface area contributed by atoms with Gasteiger partial charge in [0.25, 0.3) is 5.91 Å². The zero-order valence-electron chi connectivity index (χ0n) is 18.0. The SMILES string of the molecule is COc1ccccc1NC(=O)COc1c(Br)cc(/C=N/Nc2ccc(C)cc2)cc1OC. The van der Waals surface area contributed by atoms with Gasteiger partial charge >= 0.3 is 0 Å². The summed E-state index contributed by atoms with van der Waals surface area (Å²) >= 11 is 3.48. The number of benzene rings is 3. The third kappa shape index (κ3) is 6.24. The summed E-state index contributed by atoms with van der Waals surface area (Å²) in [6, 6.07) is 18.7. The second kappa shape index (κ2) is 11.2. The van der Waals surface area contributed by atoms with Crippen LogP contribution in [0.2, 0.25) is 0 Å². The molecule has 0 bridgehead atoms. The Morgan fingerprint density at radius 3 is 2.47 bits per heavy atom. The van der Waals surface area contributed by atoms with Crippen LogP contribution in [0.4, 0.5) is 11.4 Å². The maximum Gasteiger partial charge on any atom is 0.262 e. The van der Waals surface area contributed by atoms with E-state index in [-0.39, 0.29) is 12.5 Å². The summed E-state index contributed by atoms with van der Waals surface area (Å²) in [7, 11) is 3.08. The van der Waals surface area contributed by atoms with Gasteiger partial charge in [0.15, 0.2) is 18.1 Å². The largest absolute Gasteiger partial charge is 0.495 e. The van der Waals surface area contributed by atoms with Gasteiger partial charge < -0.3 is 19.5 Å². The number of amides is 1. The van der Waals surface area contributed by atoms with E-state index in [1.165, 1.54) is 12.7 Å². The van der Waals surface area contributed by atoms with Crippen LogP contribution in [-0.4, -0.2) is 32.9 Å². The molecule has 0 aromatic heterocycles. The lowest BCUT2D eigenvalue weighted by molar-refractivity contribution is -0.118. The average molecular weight is 498 g/mol. The van der Waals surface area contributed by atoms with Gasteiger partial charge in [0.05, 0.1) is 36.3 Å². The number of anilines is 2. The van der Waals surface area contributed by atoms with Gasteiger partial charge in [-0.1, -0.05) is 29.8 Å². The van der Waals surface area contributed by atoms with Crippen LogP contribution in [0.1, 0.15) is 11.1 Å². The number of hydrazone groups is 1. The maximum absolute atomic E-state index is 12.4. The number of rotatable bonds is 9. The minimum Gasteiger partial charge on any atom is -0.495 e. The van der Waals surface area contributed by atoms with Crippen LogP contribution in [0.25, 0.3) is 0 Å². The van der Waals surface area contributed by atoms with Crippen molar-refractivity contribution in [2.24, 2.45) is 5.10 Å². The minimum absolute atomic E-state index is 0.199. The van der Waals surface area contributed by atoms with Crippen LogP contribution in [0.15, 0.2) is 70.2 Å². The van der Waals surface area contributed by atoms with E-state index in [0.717, 1.165) is 11.3 Å². The second-order valence-corrected chi connectivity index (χ2v) is 7.66. The van der Waals surface area contributed by atoms with Crippen LogP contribution in [0.3, 0.4) is 0 Å². The molecule has 0 atom stereocenters. The average Bonchev–Trinajstić information content (AvgIpc) is 2.79. The van der Waals surface area contributed by atoms with Crippen molar-refractivity contribution in [2.45, 2.75) is 6.92 Å². The summed E-state index contributed by atoms with van der Waals surface area (Å²) < 4.78 is 17.0. The van der Waals surface area contributed by atoms with E-state index in [1.807, 2.05) is 49.4 Å². The molecule has 0 unspecified atom stereocenters. The molecule has 0 heterocycles. The number of ether oxygens (including phenoxy) is 3. The Hall–Kier alpha value is -3.52. The number of hydrogen-bond donors (Lipinski definition) is 2. The lowest BCUT2D eigenvalue weighted by Crippen LogP contribution is -2.20. The van der Waals surface area contributed by atoms with Crippen molar-refractivity contribution in [3.8, 4) is 17.2 Å². The van der Waals surface area contributed by atoms with E-state index in [0.29, 0.717) is 27.4 Å². The van der Waals surface area contributed by atoms with Crippen LogP contribution < -0.4 is 25.0 Å². The van der Waals surface area contributed by atoms with Gasteiger partial charge in [0.1, 0.15) is 5.75 Å². The third-order valence-corrected chi connectivity index (χ3v) is 5.03. The number of methoxy groups -OCH3 is 2. The Kier molecular flexibility index (Phi) is 8.10. The molecule has 3 aromatic rings. The summed E-state index contributed by atoms with van der Waals surface area (Å²) in [5.41, 5.74) is 6.41. The molecule has 0 saturated carbocycles. The van der Waals surface area contributed by atoms with Gasteiger partial charge in [-0.25, -0.2) is 0 Å². The molecule has 7 nitrogen and oxygen atoms in total. The molecule has 8 heteroatoms. The fourth-order valence-electron chi connectivity index (χ4n) is 2.84. The highest BCUT2D eigenvalue weighted by Gasteiger charge is 2.14. The molecular formula is C24H24BrN3O4. The van der Waals surface area contributed by atoms with Crippen LogP contribution >= 0.6 is 15.9 Å². The number of para-hydroxylation sites is 2. The van der Waals surface area contributed by atoms with Crippen molar-refractivity contribution >= 4 is 39.4 Å². The molecular weight excluding hydrogens is 474 g/mol. The van der Waals surface area contributed by atoms with E-state index >= 15 is 0 Å². The summed E-state index contributed by atoms with van der Waals surface area (Å²) in [6.45, 7) is 1.83. The van der Waals surface area contributed by atoms with Crippen molar-refractivity contribution in [1.29, 1.82) is 0 Å². The highest BCUT2D eigenvalue weighted by atomic mass is 79.9. The first-order valence-corrected chi connectivity index (χ1v) is 10.6. The monoisotopic (exact) mass is 497 g/mol. The predicted octanol–water partition coefficient (Wildman–Crippen LogP) is 5.24. The molecule has 0 aliphatic heterocycles. The minimum atomic E-state index is -0.323. The Bertz CT molecular complexity index is 1100. The number of carbonyl (C=O) groups excluding carboxylic acids is 1. The van der Waals surface area contributed by atoms with Crippen molar-refractivity contribution in [3.63, 3.8) is 0 Å². The van der Waals surface area contributed by atoms with Crippen LogP contribution in [0.5, 0.6) is 17.2 Å². The van der Waals surface area contributed by atoms with Gasteiger partial charge in [-0.2, -0.15) is 5.10 Å². The van der Waals surface area contributed by atoms with Crippen LogP contribution in [-0.2, 0) is 4.79 Å². The van der Waals surface area contributed by atoms with Crippen molar-refractivity contribution in [1.82, 2.24) is 0 Å². The van der Waals surface area contributed by atoms with Gasteiger partial charge in [-0.3, -0.25) is 10.2 Å². The summed E-state index contributed by atoms with van der Waals surface area (Å²) in [5, 5.41) is 7.03. The van der Waals surface area contributed by atoms with E-state index < -0.39 is 0 Å². The normalized spacial score (nSPS) is 10.6. The number of halogens is 1. The number of nitrogens with zero attached hydrogens (tertiary/aromatic N) is 1. The Balaban J connectivity index is 1.64. The molecule has 166 valence electrons. The highest BCUT2D eigenvalue weighted by Crippen LogP contribution is 2.36. The Morgan fingerprint density at radius 1 is 1.03 bits per heavy atom. The lowest BCUT2D eigenvalue weighted by atomic mass is 10.2. The first-order valence-electron chi connectivity index (χ1n) is 9.79. The fourth-order valence-corrected chi connectivity index (χ4v) is 3.41. The third-order valence-electron chi connectivity index (χ3n) is 4.44. The van der Waals surface area contributed by atoms with Gasteiger partial charge in [0, 0.05) is 0 Å². The first-order chi connectivity index (χ1) is 15.5. The Morgan fingerprint density at radius 2 is 1.75 bits per heavy atom.